The maximum atomic E-state index is 12.5. The highest BCUT2D eigenvalue weighted by Crippen LogP contribution is 2.28. The predicted octanol–water partition coefficient (Wildman–Crippen LogP) is 1.57. The highest BCUT2D eigenvalue weighted by atomic mass is 19.4. The standard InChI is InChI=1S/C9H14F3NO2/c1-3-8(14)13-4-6(2)15-5-7(13)9(10,11)12/h6-7H,3-5H2,1-2H3. The summed E-state index contributed by atoms with van der Waals surface area (Å²) in [5, 5.41) is 0. The van der Waals surface area contributed by atoms with Gasteiger partial charge < -0.3 is 9.64 Å². The Kier molecular flexibility index (Phi) is 3.59. The smallest absolute Gasteiger partial charge is 0.374 e. The second-order valence-corrected chi connectivity index (χ2v) is 3.60. The van der Waals surface area contributed by atoms with E-state index in [-0.39, 0.29) is 19.1 Å². The number of amides is 1. The number of ether oxygens (including phenoxy) is 1. The lowest BCUT2D eigenvalue weighted by atomic mass is 10.1. The average Bonchev–Trinajstić information content (AvgIpc) is 2.14. The van der Waals surface area contributed by atoms with E-state index in [1.54, 1.807) is 13.8 Å². The average molecular weight is 225 g/mol. The van der Waals surface area contributed by atoms with E-state index >= 15 is 0 Å². The van der Waals surface area contributed by atoms with Gasteiger partial charge in [-0.05, 0) is 6.92 Å². The summed E-state index contributed by atoms with van der Waals surface area (Å²) in [6, 6.07) is -1.79. The number of rotatable bonds is 1. The first kappa shape index (κ1) is 12.3. The van der Waals surface area contributed by atoms with Crippen LogP contribution in [0.2, 0.25) is 0 Å². The fourth-order valence-electron chi connectivity index (χ4n) is 1.55. The molecule has 6 heteroatoms. The highest BCUT2D eigenvalue weighted by Gasteiger charge is 2.47. The minimum Gasteiger partial charge on any atom is -0.374 e. The van der Waals surface area contributed by atoms with Crippen molar-refractivity contribution in [2.75, 3.05) is 13.2 Å². The van der Waals surface area contributed by atoms with Gasteiger partial charge in [0.2, 0.25) is 5.91 Å². The molecule has 1 amide bonds. The van der Waals surface area contributed by atoms with Gasteiger partial charge in [-0.2, -0.15) is 13.2 Å². The largest absolute Gasteiger partial charge is 0.411 e. The van der Waals surface area contributed by atoms with Crippen molar-refractivity contribution in [3.63, 3.8) is 0 Å². The van der Waals surface area contributed by atoms with Gasteiger partial charge in [-0.1, -0.05) is 6.92 Å². The summed E-state index contributed by atoms with van der Waals surface area (Å²) in [5.41, 5.74) is 0. The Morgan fingerprint density at radius 1 is 1.53 bits per heavy atom. The Labute approximate surface area is 86.2 Å². The molecule has 0 aromatic carbocycles. The van der Waals surface area contributed by atoms with Crippen molar-refractivity contribution in [2.45, 2.75) is 38.6 Å². The van der Waals surface area contributed by atoms with Crippen LogP contribution in [0.25, 0.3) is 0 Å². The van der Waals surface area contributed by atoms with Crippen LogP contribution >= 0.6 is 0 Å². The molecule has 0 radical (unpaired) electrons. The lowest BCUT2D eigenvalue weighted by Crippen LogP contribution is -2.57. The molecule has 0 aliphatic carbocycles. The molecule has 2 unspecified atom stereocenters. The summed E-state index contributed by atoms with van der Waals surface area (Å²) in [4.78, 5) is 12.2. The molecule has 1 heterocycles. The molecule has 0 saturated carbocycles. The van der Waals surface area contributed by atoms with Crippen molar-refractivity contribution in [1.29, 1.82) is 0 Å². The van der Waals surface area contributed by atoms with Crippen LogP contribution in [0.5, 0.6) is 0 Å². The Bertz CT molecular complexity index is 242. The van der Waals surface area contributed by atoms with Crippen LogP contribution in [0.1, 0.15) is 20.3 Å². The first-order valence-corrected chi connectivity index (χ1v) is 4.84. The third kappa shape index (κ3) is 2.84. The molecule has 1 rings (SSSR count). The number of carbonyl (C=O) groups excluding carboxylic acids is 1. The first-order valence-electron chi connectivity index (χ1n) is 4.84. The van der Waals surface area contributed by atoms with Gasteiger partial charge in [0.1, 0.15) is 0 Å². The number of alkyl halides is 3. The van der Waals surface area contributed by atoms with E-state index in [4.69, 9.17) is 4.74 Å². The minimum absolute atomic E-state index is 0.0108. The molecule has 3 nitrogen and oxygen atoms in total. The summed E-state index contributed by atoms with van der Waals surface area (Å²) >= 11 is 0. The number of hydrogen-bond donors (Lipinski definition) is 0. The Balaban J connectivity index is 2.80. The van der Waals surface area contributed by atoms with E-state index in [0.29, 0.717) is 0 Å². The van der Waals surface area contributed by atoms with E-state index < -0.39 is 24.7 Å². The number of halogens is 3. The molecular weight excluding hydrogens is 211 g/mol. The second kappa shape index (κ2) is 4.38. The maximum absolute atomic E-state index is 12.5. The Morgan fingerprint density at radius 3 is 2.60 bits per heavy atom. The topological polar surface area (TPSA) is 29.5 Å². The second-order valence-electron chi connectivity index (χ2n) is 3.60. The van der Waals surface area contributed by atoms with Crippen LogP contribution in [0.15, 0.2) is 0 Å². The van der Waals surface area contributed by atoms with E-state index in [0.717, 1.165) is 4.90 Å². The highest BCUT2D eigenvalue weighted by molar-refractivity contribution is 5.76. The third-order valence-corrected chi connectivity index (χ3v) is 2.37. The number of carbonyl (C=O) groups is 1. The summed E-state index contributed by atoms with van der Waals surface area (Å²) in [7, 11) is 0. The number of nitrogens with zero attached hydrogens (tertiary/aromatic N) is 1. The van der Waals surface area contributed by atoms with Gasteiger partial charge in [0.25, 0.3) is 0 Å². The van der Waals surface area contributed by atoms with Gasteiger partial charge in [-0.3, -0.25) is 4.79 Å². The van der Waals surface area contributed by atoms with Gasteiger partial charge in [0.05, 0.1) is 12.7 Å². The molecule has 2 atom stereocenters. The van der Waals surface area contributed by atoms with Crippen LogP contribution in [0.4, 0.5) is 13.2 Å². The van der Waals surface area contributed by atoms with Crippen LogP contribution in [0.3, 0.4) is 0 Å². The van der Waals surface area contributed by atoms with E-state index in [9.17, 15) is 18.0 Å². The van der Waals surface area contributed by atoms with Crippen molar-refractivity contribution in [3.8, 4) is 0 Å². The lowest BCUT2D eigenvalue weighted by Gasteiger charge is -2.39. The molecule has 1 saturated heterocycles. The molecule has 0 aromatic heterocycles. The molecule has 0 bridgehead atoms. The fourth-order valence-corrected chi connectivity index (χ4v) is 1.55. The Morgan fingerprint density at radius 2 is 2.13 bits per heavy atom. The summed E-state index contributed by atoms with van der Waals surface area (Å²) < 4.78 is 42.6. The minimum atomic E-state index is -4.41. The lowest BCUT2D eigenvalue weighted by molar-refractivity contribution is -0.221. The zero-order chi connectivity index (χ0) is 11.6. The van der Waals surface area contributed by atoms with Crippen molar-refractivity contribution < 1.29 is 22.7 Å². The molecule has 1 aliphatic rings. The van der Waals surface area contributed by atoms with E-state index in [1.165, 1.54) is 0 Å². The predicted molar refractivity (Wildman–Crippen MR) is 47.3 cm³/mol. The van der Waals surface area contributed by atoms with Gasteiger partial charge in [-0.15, -0.1) is 0 Å². The normalized spacial score (nSPS) is 27.9. The zero-order valence-electron chi connectivity index (χ0n) is 8.67. The molecule has 0 spiro atoms. The zero-order valence-corrected chi connectivity index (χ0v) is 8.67. The quantitative estimate of drug-likeness (QED) is 0.678. The van der Waals surface area contributed by atoms with E-state index in [2.05, 4.69) is 0 Å². The maximum Gasteiger partial charge on any atom is 0.411 e. The van der Waals surface area contributed by atoms with Crippen LogP contribution in [0, 0.1) is 0 Å². The van der Waals surface area contributed by atoms with Crippen molar-refractivity contribution in [1.82, 2.24) is 4.90 Å². The molecule has 1 aliphatic heterocycles. The van der Waals surface area contributed by atoms with Crippen molar-refractivity contribution >= 4 is 5.91 Å². The molecule has 0 N–H and O–H groups in total. The molecule has 0 aromatic rings. The Hall–Kier alpha value is -0.780. The summed E-state index contributed by atoms with van der Waals surface area (Å²) in [6.07, 6.45) is -4.66. The van der Waals surface area contributed by atoms with Gasteiger partial charge >= 0.3 is 6.18 Å². The number of hydrogen-bond acceptors (Lipinski definition) is 2. The number of morpholine rings is 1. The van der Waals surface area contributed by atoms with Gasteiger partial charge in [0, 0.05) is 13.0 Å². The van der Waals surface area contributed by atoms with Crippen molar-refractivity contribution in [2.24, 2.45) is 0 Å². The first-order chi connectivity index (χ1) is 6.86. The van der Waals surface area contributed by atoms with Gasteiger partial charge in [0.15, 0.2) is 6.04 Å². The molecular formula is C9H14F3NO2. The van der Waals surface area contributed by atoms with Crippen molar-refractivity contribution in [3.05, 3.63) is 0 Å². The van der Waals surface area contributed by atoms with Gasteiger partial charge in [-0.25, -0.2) is 0 Å². The fraction of sp³-hybridized carbons (Fsp3) is 0.889. The SMILES string of the molecule is CCC(=O)N1CC(C)OCC1C(F)(F)F. The van der Waals surface area contributed by atoms with Crippen LogP contribution in [-0.2, 0) is 9.53 Å². The van der Waals surface area contributed by atoms with E-state index in [1.807, 2.05) is 0 Å². The molecule has 88 valence electrons. The third-order valence-electron chi connectivity index (χ3n) is 2.37. The van der Waals surface area contributed by atoms with Crippen LogP contribution in [-0.4, -0.2) is 42.3 Å². The molecule has 1 fully saturated rings. The monoisotopic (exact) mass is 225 g/mol. The van der Waals surface area contributed by atoms with Crippen LogP contribution < -0.4 is 0 Å². The summed E-state index contributed by atoms with van der Waals surface area (Å²) in [5.74, 6) is -0.479. The summed E-state index contributed by atoms with van der Waals surface area (Å²) in [6.45, 7) is 2.76. The molecule has 15 heavy (non-hydrogen) atoms.